The van der Waals surface area contributed by atoms with Crippen LogP contribution in [0.1, 0.15) is 6.42 Å². The zero-order chi connectivity index (χ0) is 6.53. The zero-order valence-corrected chi connectivity index (χ0v) is 7.74. The molecule has 1 rings (SSSR count). The first-order chi connectivity index (χ1) is 4.43. The number of rotatable bonds is 3. The molecule has 1 aliphatic rings. The van der Waals surface area contributed by atoms with Crippen molar-refractivity contribution in [3.05, 3.63) is 23.0 Å². The highest BCUT2D eigenvalue weighted by Crippen LogP contribution is 2.33. The summed E-state index contributed by atoms with van der Waals surface area (Å²) >= 11 is 3.42. The molecule has 0 amide bonds. The molecule has 0 unspecified atom stereocenters. The van der Waals surface area contributed by atoms with E-state index in [1.807, 2.05) is 0 Å². The SMILES string of the molecule is BrCCC[SH]1C=CC=C1. The quantitative estimate of drug-likeness (QED) is 0.534. The third kappa shape index (κ3) is 2.59. The lowest BCUT2D eigenvalue weighted by molar-refractivity contribution is 1.14. The van der Waals surface area contributed by atoms with Crippen LogP contribution in [0.2, 0.25) is 0 Å². The normalized spacial score (nSPS) is 19.4. The molecule has 2 heteroatoms. The van der Waals surface area contributed by atoms with Crippen LogP contribution in [-0.2, 0) is 0 Å². The molecule has 0 atom stereocenters. The lowest BCUT2D eigenvalue weighted by atomic mass is 10.6. The van der Waals surface area contributed by atoms with Gasteiger partial charge in [-0.15, -0.1) is 0 Å². The summed E-state index contributed by atoms with van der Waals surface area (Å²) in [5.41, 5.74) is 0. The van der Waals surface area contributed by atoms with E-state index in [2.05, 4.69) is 38.9 Å². The molecule has 0 aromatic heterocycles. The van der Waals surface area contributed by atoms with Gasteiger partial charge in [0.1, 0.15) is 0 Å². The maximum atomic E-state index is 3.42. The molecule has 0 saturated heterocycles. The molecule has 0 saturated carbocycles. The number of allylic oxidation sites excluding steroid dienone is 2. The number of hydrogen-bond donors (Lipinski definition) is 1. The van der Waals surface area contributed by atoms with Gasteiger partial charge in [0.05, 0.1) is 0 Å². The van der Waals surface area contributed by atoms with E-state index in [0.717, 1.165) is 5.33 Å². The van der Waals surface area contributed by atoms with Gasteiger partial charge in [-0.05, 0) is 23.0 Å². The summed E-state index contributed by atoms with van der Waals surface area (Å²) < 4.78 is 0. The molecular weight excluding hydrogens is 196 g/mol. The van der Waals surface area contributed by atoms with Gasteiger partial charge in [-0.2, -0.15) is 0 Å². The summed E-state index contributed by atoms with van der Waals surface area (Å²) in [6, 6.07) is 0. The van der Waals surface area contributed by atoms with Crippen molar-refractivity contribution in [3.63, 3.8) is 0 Å². The molecule has 0 aliphatic carbocycles. The average molecular weight is 207 g/mol. The first kappa shape index (κ1) is 7.42. The van der Waals surface area contributed by atoms with Crippen molar-refractivity contribution in [1.29, 1.82) is 0 Å². The Morgan fingerprint density at radius 2 is 1.89 bits per heavy atom. The Labute approximate surface area is 67.5 Å². The first-order valence-corrected chi connectivity index (χ1v) is 5.89. The van der Waals surface area contributed by atoms with Crippen LogP contribution in [0, 0.1) is 0 Å². The summed E-state index contributed by atoms with van der Waals surface area (Å²) in [5, 5.41) is 5.78. The van der Waals surface area contributed by atoms with Gasteiger partial charge in [0.25, 0.3) is 0 Å². The van der Waals surface area contributed by atoms with Crippen molar-refractivity contribution in [2.24, 2.45) is 0 Å². The maximum Gasteiger partial charge on any atom is 0.00387 e. The summed E-state index contributed by atoms with van der Waals surface area (Å²) in [4.78, 5) is 0. The van der Waals surface area contributed by atoms with Crippen molar-refractivity contribution in [2.75, 3.05) is 11.1 Å². The molecule has 52 valence electrons. The van der Waals surface area contributed by atoms with E-state index in [1.165, 1.54) is 12.2 Å². The largest absolute Gasteiger partial charge is 0.213 e. The van der Waals surface area contributed by atoms with Crippen LogP contribution >= 0.6 is 26.8 Å². The fourth-order valence-electron chi connectivity index (χ4n) is 0.762. The molecule has 0 aromatic rings. The Kier molecular flexibility index (Phi) is 3.44. The lowest BCUT2D eigenvalue weighted by Gasteiger charge is -2.06. The van der Waals surface area contributed by atoms with Gasteiger partial charge in [-0.1, -0.05) is 28.1 Å². The van der Waals surface area contributed by atoms with E-state index in [1.54, 1.807) is 0 Å². The fourth-order valence-corrected chi connectivity index (χ4v) is 3.04. The molecule has 1 aliphatic heterocycles. The number of halogens is 1. The van der Waals surface area contributed by atoms with Crippen LogP contribution < -0.4 is 0 Å². The number of hydrogen-bond acceptors (Lipinski definition) is 0. The van der Waals surface area contributed by atoms with Crippen molar-refractivity contribution >= 4 is 26.8 Å². The predicted molar refractivity (Wildman–Crippen MR) is 50.5 cm³/mol. The molecule has 0 radical (unpaired) electrons. The van der Waals surface area contributed by atoms with Crippen LogP contribution in [0.4, 0.5) is 0 Å². The van der Waals surface area contributed by atoms with E-state index in [0.29, 0.717) is 0 Å². The predicted octanol–water partition coefficient (Wildman–Crippen LogP) is 2.81. The Bertz CT molecular complexity index is 117. The van der Waals surface area contributed by atoms with E-state index in [-0.39, 0.29) is 10.9 Å². The smallest absolute Gasteiger partial charge is 0.00387 e. The molecule has 0 N–H and O–H groups in total. The van der Waals surface area contributed by atoms with Crippen LogP contribution in [0.25, 0.3) is 0 Å². The molecule has 0 spiro atoms. The second-order valence-electron chi connectivity index (χ2n) is 1.96. The van der Waals surface area contributed by atoms with Crippen molar-refractivity contribution < 1.29 is 0 Å². The summed E-state index contributed by atoms with van der Waals surface area (Å²) in [6.07, 6.45) is 5.61. The Morgan fingerprint density at radius 3 is 2.44 bits per heavy atom. The standard InChI is InChI=1S/C7H11BrS/c8-4-3-7-9-5-1-2-6-9/h1-2,5-6,9H,3-4,7H2. The van der Waals surface area contributed by atoms with Gasteiger partial charge in [-0.3, -0.25) is 0 Å². The van der Waals surface area contributed by atoms with Crippen molar-refractivity contribution in [3.8, 4) is 0 Å². The van der Waals surface area contributed by atoms with Crippen molar-refractivity contribution in [2.45, 2.75) is 6.42 Å². The second kappa shape index (κ2) is 4.18. The number of alkyl halides is 1. The summed E-state index contributed by atoms with van der Waals surface area (Å²) in [7, 11) is 0.158. The van der Waals surface area contributed by atoms with Crippen LogP contribution in [0.5, 0.6) is 0 Å². The highest BCUT2D eigenvalue weighted by Gasteiger charge is 1.96. The Hall–Kier alpha value is 0.310. The van der Waals surface area contributed by atoms with Gasteiger partial charge < -0.3 is 0 Å². The molecule has 1 heterocycles. The maximum absolute atomic E-state index is 3.42. The summed E-state index contributed by atoms with van der Waals surface area (Å²) in [6.45, 7) is 0. The Morgan fingerprint density at radius 1 is 1.22 bits per heavy atom. The minimum Gasteiger partial charge on any atom is -0.213 e. The summed E-state index contributed by atoms with van der Waals surface area (Å²) in [5.74, 6) is 1.35. The first-order valence-electron chi connectivity index (χ1n) is 3.10. The van der Waals surface area contributed by atoms with Gasteiger partial charge >= 0.3 is 0 Å². The Balaban J connectivity index is 2.13. The highest BCUT2D eigenvalue weighted by molar-refractivity contribution is 9.09. The minimum atomic E-state index is 0.158. The van der Waals surface area contributed by atoms with Crippen LogP contribution in [0.3, 0.4) is 0 Å². The molecule has 0 bridgehead atoms. The molecule has 0 aromatic carbocycles. The van der Waals surface area contributed by atoms with E-state index in [9.17, 15) is 0 Å². The van der Waals surface area contributed by atoms with Gasteiger partial charge in [0.2, 0.25) is 0 Å². The van der Waals surface area contributed by atoms with Crippen molar-refractivity contribution in [1.82, 2.24) is 0 Å². The van der Waals surface area contributed by atoms with E-state index < -0.39 is 0 Å². The molecular formula is C7H11BrS. The third-order valence-electron chi connectivity index (χ3n) is 1.22. The van der Waals surface area contributed by atoms with Gasteiger partial charge in [0.15, 0.2) is 0 Å². The monoisotopic (exact) mass is 206 g/mol. The van der Waals surface area contributed by atoms with E-state index in [4.69, 9.17) is 0 Å². The lowest BCUT2D eigenvalue weighted by Crippen LogP contribution is -1.81. The zero-order valence-electron chi connectivity index (χ0n) is 5.26. The minimum absolute atomic E-state index is 0.158. The van der Waals surface area contributed by atoms with Crippen LogP contribution in [-0.4, -0.2) is 11.1 Å². The second-order valence-corrected chi connectivity index (χ2v) is 4.83. The van der Waals surface area contributed by atoms with Gasteiger partial charge in [0, 0.05) is 5.33 Å². The highest BCUT2D eigenvalue weighted by atomic mass is 79.9. The number of thiol groups is 1. The molecule has 0 fully saturated rings. The topological polar surface area (TPSA) is 0 Å². The fraction of sp³-hybridized carbons (Fsp3) is 0.429. The van der Waals surface area contributed by atoms with Gasteiger partial charge in [-0.25, -0.2) is 10.9 Å². The molecule has 9 heavy (non-hydrogen) atoms. The average Bonchev–Trinajstić information content (AvgIpc) is 2.34. The third-order valence-corrected chi connectivity index (χ3v) is 3.72. The van der Waals surface area contributed by atoms with Crippen LogP contribution in [0.15, 0.2) is 23.0 Å². The molecule has 0 nitrogen and oxygen atoms in total. The van der Waals surface area contributed by atoms with E-state index >= 15 is 0 Å².